The van der Waals surface area contributed by atoms with Crippen LogP contribution >= 0.6 is 0 Å². The summed E-state index contributed by atoms with van der Waals surface area (Å²) in [5, 5.41) is 8.92. The summed E-state index contributed by atoms with van der Waals surface area (Å²) in [7, 11) is -1.94. The zero-order chi connectivity index (χ0) is 16.9. The van der Waals surface area contributed by atoms with Gasteiger partial charge in [0.15, 0.2) is 0 Å². The molecule has 2 unspecified atom stereocenters. The van der Waals surface area contributed by atoms with E-state index in [-0.39, 0.29) is 18.5 Å². The van der Waals surface area contributed by atoms with Gasteiger partial charge < -0.3 is 4.74 Å². The molecule has 0 aliphatic carbocycles. The fraction of sp³-hybridized carbons (Fsp3) is 0.933. The Labute approximate surface area is 140 Å². The minimum absolute atomic E-state index is 0.0201. The van der Waals surface area contributed by atoms with Gasteiger partial charge in [0, 0.05) is 45.8 Å². The molecule has 2 aliphatic rings. The van der Waals surface area contributed by atoms with Crippen molar-refractivity contribution in [3.8, 4) is 6.07 Å². The van der Waals surface area contributed by atoms with E-state index in [0.29, 0.717) is 6.54 Å². The summed E-state index contributed by atoms with van der Waals surface area (Å²) in [6.07, 6.45) is 2.87. The van der Waals surface area contributed by atoms with Crippen LogP contribution in [0.25, 0.3) is 0 Å². The Morgan fingerprint density at radius 1 is 1.30 bits per heavy atom. The average Bonchev–Trinajstić information content (AvgIpc) is 2.56. The van der Waals surface area contributed by atoms with Crippen LogP contribution in [-0.2, 0) is 14.9 Å². The van der Waals surface area contributed by atoms with E-state index < -0.39 is 10.2 Å². The molecule has 2 rings (SSSR count). The minimum atomic E-state index is -3.51. The van der Waals surface area contributed by atoms with Crippen molar-refractivity contribution < 1.29 is 13.2 Å². The molecule has 2 heterocycles. The lowest BCUT2D eigenvalue weighted by molar-refractivity contribution is 0.0258. The fourth-order valence-corrected chi connectivity index (χ4v) is 4.92. The van der Waals surface area contributed by atoms with Gasteiger partial charge in [-0.05, 0) is 19.8 Å². The van der Waals surface area contributed by atoms with Crippen LogP contribution in [0.5, 0.6) is 0 Å². The lowest BCUT2D eigenvalue weighted by atomic mass is 10.0. The van der Waals surface area contributed by atoms with Gasteiger partial charge in [0.25, 0.3) is 10.2 Å². The lowest BCUT2D eigenvalue weighted by Crippen LogP contribution is -2.54. The molecule has 0 N–H and O–H groups in total. The predicted octanol–water partition coefficient (Wildman–Crippen LogP) is 0.509. The summed E-state index contributed by atoms with van der Waals surface area (Å²) in [6, 6.07) is 2.12. The molecule has 0 radical (unpaired) electrons. The van der Waals surface area contributed by atoms with Crippen molar-refractivity contribution in [2.24, 2.45) is 5.92 Å². The van der Waals surface area contributed by atoms with Crippen molar-refractivity contribution >= 4 is 10.2 Å². The van der Waals surface area contributed by atoms with Gasteiger partial charge >= 0.3 is 0 Å². The van der Waals surface area contributed by atoms with E-state index in [2.05, 4.69) is 11.0 Å². The summed E-state index contributed by atoms with van der Waals surface area (Å²) in [5.74, 6) is -0.308. The van der Waals surface area contributed by atoms with E-state index in [1.807, 2.05) is 0 Å². The van der Waals surface area contributed by atoms with E-state index in [9.17, 15) is 8.42 Å². The quantitative estimate of drug-likeness (QED) is 0.702. The zero-order valence-electron chi connectivity index (χ0n) is 14.1. The van der Waals surface area contributed by atoms with Crippen LogP contribution in [0.4, 0.5) is 0 Å². The molecule has 0 aromatic heterocycles. The summed E-state index contributed by atoms with van der Waals surface area (Å²) in [4.78, 5) is 2.29. The monoisotopic (exact) mass is 344 g/mol. The van der Waals surface area contributed by atoms with Crippen molar-refractivity contribution in [2.75, 3.05) is 53.0 Å². The molecule has 0 amide bonds. The van der Waals surface area contributed by atoms with Crippen LogP contribution < -0.4 is 0 Å². The third-order valence-electron chi connectivity index (χ3n) is 4.59. The van der Waals surface area contributed by atoms with Gasteiger partial charge in [-0.15, -0.1) is 0 Å². The highest BCUT2D eigenvalue weighted by atomic mass is 32.2. The maximum absolute atomic E-state index is 12.9. The molecular weight excluding hydrogens is 316 g/mol. The Balaban J connectivity index is 2.05. The van der Waals surface area contributed by atoms with Crippen LogP contribution in [0.1, 0.15) is 26.2 Å². The van der Waals surface area contributed by atoms with Gasteiger partial charge in [0.1, 0.15) is 0 Å². The number of morpholine rings is 1. The second-order valence-electron chi connectivity index (χ2n) is 6.49. The van der Waals surface area contributed by atoms with Gasteiger partial charge in [-0.2, -0.15) is 22.3 Å². The average molecular weight is 344 g/mol. The number of ether oxygens (including phenoxy) is 1. The molecule has 0 saturated carbocycles. The minimum Gasteiger partial charge on any atom is -0.379 e. The van der Waals surface area contributed by atoms with Crippen LogP contribution in [0.3, 0.4) is 0 Å². The first-order valence-electron chi connectivity index (χ1n) is 8.38. The van der Waals surface area contributed by atoms with E-state index in [1.54, 1.807) is 18.3 Å². The smallest absolute Gasteiger partial charge is 0.282 e. The number of hydrogen-bond acceptors (Lipinski definition) is 5. The maximum Gasteiger partial charge on any atom is 0.282 e. The highest BCUT2D eigenvalue weighted by Crippen LogP contribution is 2.23. The lowest BCUT2D eigenvalue weighted by Gasteiger charge is -2.40. The number of piperidine rings is 1. The third-order valence-corrected chi connectivity index (χ3v) is 6.60. The first-order chi connectivity index (χ1) is 10.9. The normalized spacial score (nSPS) is 26.1. The molecule has 2 fully saturated rings. The largest absolute Gasteiger partial charge is 0.379 e. The molecule has 0 spiro atoms. The molecule has 8 heteroatoms. The fourth-order valence-electron chi connectivity index (χ4n) is 3.24. The number of rotatable bonds is 6. The van der Waals surface area contributed by atoms with Gasteiger partial charge in [-0.25, -0.2) is 0 Å². The van der Waals surface area contributed by atoms with Crippen LogP contribution in [0.15, 0.2) is 0 Å². The highest BCUT2D eigenvalue weighted by molar-refractivity contribution is 7.86. The van der Waals surface area contributed by atoms with E-state index >= 15 is 0 Å². The molecular formula is C15H28N4O3S. The standard InChI is InChI=1S/C15H28N4O3S/c1-14(11-16)12-17(2)23(20,21)19-6-4-3-5-15(19)13-18-7-9-22-10-8-18/h14-15H,3-10,12-13H2,1-2H3. The van der Waals surface area contributed by atoms with Crippen molar-refractivity contribution in [3.63, 3.8) is 0 Å². The van der Waals surface area contributed by atoms with E-state index in [0.717, 1.165) is 52.1 Å². The summed E-state index contributed by atoms with van der Waals surface area (Å²) in [5.41, 5.74) is 0. The van der Waals surface area contributed by atoms with Gasteiger partial charge in [-0.1, -0.05) is 6.42 Å². The molecule has 2 atom stereocenters. The first kappa shape index (κ1) is 18.6. The van der Waals surface area contributed by atoms with E-state index in [1.165, 1.54) is 4.31 Å². The molecule has 23 heavy (non-hydrogen) atoms. The predicted molar refractivity (Wildman–Crippen MR) is 87.9 cm³/mol. The van der Waals surface area contributed by atoms with Crippen molar-refractivity contribution in [2.45, 2.75) is 32.2 Å². The number of hydrogen-bond donors (Lipinski definition) is 0. The molecule has 0 bridgehead atoms. The molecule has 2 aliphatic heterocycles. The molecule has 2 saturated heterocycles. The topological polar surface area (TPSA) is 76.9 Å². The maximum atomic E-state index is 12.9. The first-order valence-corrected chi connectivity index (χ1v) is 9.77. The second kappa shape index (κ2) is 8.40. The molecule has 132 valence electrons. The van der Waals surface area contributed by atoms with Crippen molar-refractivity contribution in [1.29, 1.82) is 5.26 Å². The van der Waals surface area contributed by atoms with Crippen molar-refractivity contribution in [1.82, 2.24) is 13.5 Å². The Kier molecular flexibility index (Phi) is 6.80. The number of nitriles is 1. The second-order valence-corrected chi connectivity index (χ2v) is 8.48. The Bertz CT molecular complexity index is 513. The Morgan fingerprint density at radius 3 is 2.65 bits per heavy atom. The van der Waals surface area contributed by atoms with Gasteiger partial charge in [0.2, 0.25) is 0 Å². The Hall–Kier alpha value is -0.720. The van der Waals surface area contributed by atoms with E-state index in [4.69, 9.17) is 10.00 Å². The third kappa shape index (κ3) is 4.88. The Morgan fingerprint density at radius 2 is 2.00 bits per heavy atom. The highest BCUT2D eigenvalue weighted by Gasteiger charge is 2.36. The molecule has 0 aromatic rings. The SMILES string of the molecule is CC(C#N)CN(C)S(=O)(=O)N1CCCCC1CN1CCOCC1. The van der Waals surface area contributed by atoms with Crippen LogP contribution in [0, 0.1) is 17.2 Å². The van der Waals surface area contributed by atoms with Crippen molar-refractivity contribution in [3.05, 3.63) is 0 Å². The van der Waals surface area contributed by atoms with Gasteiger partial charge in [0.05, 0.1) is 25.2 Å². The summed E-state index contributed by atoms with van der Waals surface area (Å²) >= 11 is 0. The van der Waals surface area contributed by atoms with Crippen LogP contribution in [-0.4, -0.2) is 81.0 Å². The zero-order valence-corrected chi connectivity index (χ0v) is 15.0. The molecule has 0 aromatic carbocycles. The summed E-state index contributed by atoms with van der Waals surface area (Å²) in [6.45, 7) is 6.50. The van der Waals surface area contributed by atoms with Crippen LogP contribution in [0.2, 0.25) is 0 Å². The van der Waals surface area contributed by atoms with Gasteiger partial charge in [-0.3, -0.25) is 4.90 Å². The number of nitrogens with zero attached hydrogens (tertiary/aromatic N) is 4. The molecule has 7 nitrogen and oxygen atoms in total. The summed E-state index contributed by atoms with van der Waals surface area (Å²) < 4.78 is 34.1.